The van der Waals surface area contributed by atoms with Crippen molar-refractivity contribution in [1.29, 1.82) is 0 Å². The number of nitrogens with one attached hydrogen (secondary N) is 1. The van der Waals surface area contributed by atoms with Gasteiger partial charge in [-0.1, -0.05) is 24.3 Å². The molecule has 0 saturated heterocycles. The van der Waals surface area contributed by atoms with Crippen molar-refractivity contribution in [2.45, 2.75) is 30.3 Å². The van der Waals surface area contributed by atoms with Crippen LogP contribution in [0, 0.1) is 5.92 Å². The third kappa shape index (κ3) is 3.90. The van der Waals surface area contributed by atoms with Gasteiger partial charge in [-0.15, -0.1) is 0 Å². The lowest BCUT2D eigenvalue weighted by Gasteiger charge is -2.17. The quantitative estimate of drug-likeness (QED) is 0.699. The van der Waals surface area contributed by atoms with E-state index in [-0.39, 0.29) is 28.8 Å². The largest absolute Gasteiger partial charge is 0.349 e. The van der Waals surface area contributed by atoms with Gasteiger partial charge in [0.25, 0.3) is 0 Å². The molecule has 21 heavy (non-hydrogen) atoms. The Kier molecular flexibility index (Phi) is 4.46. The first-order valence-electron chi connectivity index (χ1n) is 6.64. The first-order valence-corrected chi connectivity index (χ1v) is 8.19. The van der Waals surface area contributed by atoms with Crippen molar-refractivity contribution >= 4 is 15.9 Å². The number of sulfonamides is 1. The number of carbonyl (C=O) groups excluding carboxylic acids is 1. The van der Waals surface area contributed by atoms with Crippen molar-refractivity contribution in [3.63, 3.8) is 0 Å². The number of nitrogens with two attached hydrogens (primary N) is 2. The summed E-state index contributed by atoms with van der Waals surface area (Å²) in [5.74, 6) is -0.284. The summed E-state index contributed by atoms with van der Waals surface area (Å²) in [6.45, 7) is 1.84. The first kappa shape index (κ1) is 15.7. The topological polar surface area (TPSA) is 115 Å². The lowest BCUT2D eigenvalue weighted by Crippen LogP contribution is -2.32. The molecule has 0 radical (unpaired) electrons. The molecule has 3 atom stereocenters. The summed E-state index contributed by atoms with van der Waals surface area (Å²) >= 11 is 0. The molecule has 0 bridgehead atoms. The molecule has 5 N–H and O–H groups in total. The summed E-state index contributed by atoms with van der Waals surface area (Å²) in [6.07, 6.45) is 4.26. The number of hydrogen-bond acceptors (Lipinski definition) is 4. The highest BCUT2D eigenvalue weighted by Crippen LogP contribution is 2.20. The summed E-state index contributed by atoms with van der Waals surface area (Å²) < 4.78 is 22.4. The lowest BCUT2D eigenvalue weighted by molar-refractivity contribution is -0.124. The SMILES string of the molecule is CC(NC(=O)C1C=CC(N)C1)c1ccc(S(N)(=O)=O)cc1. The normalized spacial score (nSPS) is 23.0. The van der Waals surface area contributed by atoms with E-state index in [1.54, 1.807) is 12.1 Å². The van der Waals surface area contributed by atoms with Gasteiger partial charge in [-0.3, -0.25) is 4.79 Å². The second-order valence-corrected chi connectivity index (χ2v) is 6.80. The van der Waals surface area contributed by atoms with Crippen LogP contribution in [-0.4, -0.2) is 20.4 Å². The lowest BCUT2D eigenvalue weighted by atomic mass is 10.0. The van der Waals surface area contributed by atoms with Crippen molar-refractivity contribution in [1.82, 2.24) is 5.32 Å². The van der Waals surface area contributed by atoms with Crippen molar-refractivity contribution < 1.29 is 13.2 Å². The summed E-state index contributed by atoms with van der Waals surface area (Å²) in [6, 6.07) is 5.85. The van der Waals surface area contributed by atoms with Gasteiger partial charge in [0.2, 0.25) is 15.9 Å². The zero-order valence-electron chi connectivity index (χ0n) is 11.7. The van der Waals surface area contributed by atoms with Gasteiger partial charge in [0.1, 0.15) is 0 Å². The predicted octanol–water partition coefficient (Wildman–Crippen LogP) is 0.415. The second-order valence-electron chi connectivity index (χ2n) is 5.24. The Morgan fingerprint density at radius 1 is 1.29 bits per heavy atom. The molecule has 1 amide bonds. The smallest absolute Gasteiger partial charge is 0.238 e. The molecule has 1 aliphatic carbocycles. The Bertz CT molecular complexity index is 653. The van der Waals surface area contributed by atoms with Gasteiger partial charge >= 0.3 is 0 Å². The Balaban J connectivity index is 2.02. The molecule has 0 aliphatic heterocycles. The van der Waals surface area contributed by atoms with Gasteiger partial charge in [0, 0.05) is 6.04 Å². The van der Waals surface area contributed by atoms with E-state index >= 15 is 0 Å². The maximum Gasteiger partial charge on any atom is 0.238 e. The Labute approximate surface area is 124 Å². The highest BCUT2D eigenvalue weighted by Gasteiger charge is 2.24. The van der Waals surface area contributed by atoms with E-state index in [4.69, 9.17) is 10.9 Å². The zero-order chi connectivity index (χ0) is 15.6. The van der Waals surface area contributed by atoms with Gasteiger partial charge in [-0.05, 0) is 31.0 Å². The van der Waals surface area contributed by atoms with E-state index < -0.39 is 10.0 Å². The summed E-state index contributed by atoms with van der Waals surface area (Å²) in [5.41, 5.74) is 6.53. The molecule has 0 heterocycles. The van der Waals surface area contributed by atoms with Crippen LogP contribution in [0.15, 0.2) is 41.3 Å². The fraction of sp³-hybridized carbons (Fsp3) is 0.357. The number of benzene rings is 1. The first-order chi connectivity index (χ1) is 9.77. The summed E-state index contributed by atoms with van der Waals surface area (Å²) in [5, 5.41) is 7.93. The standard InChI is InChI=1S/C14H19N3O3S/c1-9(17-14(18)11-2-5-12(15)8-11)10-3-6-13(7-4-10)21(16,19)20/h2-7,9,11-12H,8,15H2,1H3,(H,17,18)(H2,16,19,20). The summed E-state index contributed by atoms with van der Waals surface area (Å²) in [4.78, 5) is 12.1. The van der Waals surface area contributed by atoms with E-state index in [0.29, 0.717) is 6.42 Å². The van der Waals surface area contributed by atoms with E-state index in [2.05, 4.69) is 5.32 Å². The number of carbonyl (C=O) groups is 1. The van der Waals surface area contributed by atoms with Crippen LogP contribution < -0.4 is 16.2 Å². The summed E-state index contributed by atoms with van der Waals surface area (Å²) in [7, 11) is -3.70. The maximum absolute atomic E-state index is 12.1. The van der Waals surface area contributed by atoms with Crippen LogP contribution in [0.25, 0.3) is 0 Å². The fourth-order valence-corrected chi connectivity index (χ4v) is 2.79. The molecule has 2 rings (SSSR count). The highest BCUT2D eigenvalue weighted by atomic mass is 32.2. The molecule has 7 heteroatoms. The predicted molar refractivity (Wildman–Crippen MR) is 79.6 cm³/mol. The monoisotopic (exact) mass is 309 g/mol. The number of primary sulfonamides is 1. The maximum atomic E-state index is 12.1. The third-order valence-electron chi connectivity index (χ3n) is 3.52. The molecular weight excluding hydrogens is 290 g/mol. The van der Waals surface area contributed by atoms with Crippen molar-refractivity contribution in [3.8, 4) is 0 Å². The number of rotatable bonds is 4. The molecule has 1 aliphatic rings. The molecule has 0 spiro atoms. The van der Waals surface area contributed by atoms with Crippen molar-refractivity contribution in [2.75, 3.05) is 0 Å². The van der Waals surface area contributed by atoms with Gasteiger partial charge in [0.15, 0.2) is 0 Å². The third-order valence-corrected chi connectivity index (χ3v) is 4.45. The Hall–Kier alpha value is -1.70. The molecule has 6 nitrogen and oxygen atoms in total. The number of amides is 1. The van der Waals surface area contributed by atoms with Gasteiger partial charge in [-0.2, -0.15) is 0 Å². The van der Waals surface area contributed by atoms with Crippen LogP contribution in [0.4, 0.5) is 0 Å². The molecule has 0 saturated carbocycles. The number of hydrogen-bond donors (Lipinski definition) is 3. The van der Waals surface area contributed by atoms with Gasteiger partial charge < -0.3 is 11.1 Å². The van der Waals surface area contributed by atoms with E-state index in [1.165, 1.54) is 12.1 Å². The molecule has 3 unspecified atom stereocenters. The molecule has 1 aromatic carbocycles. The minimum Gasteiger partial charge on any atom is -0.349 e. The highest BCUT2D eigenvalue weighted by molar-refractivity contribution is 7.89. The molecule has 1 aromatic rings. The van der Waals surface area contributed by atoms with Crippen LogP contribution in [0.3, 0.4) is 0 Å². The minimum absolute atomic E-state index is 0.0504. The van der Waals surface area contributed by atoms with Crippen molar-refractivity contribution in [2.24, 2.45) is 16.8 Å². The zero-order valence-corrected chi connectivity index (χ0v) is 12.5. The van der Waals surface area contributed by atoms with E-state index in [0.717, 1.165) is 5.56 Å². The van der Waals surface area contributed by atoms with Crippen LogP contribution in [0.1, 0.15) is 24.9 Å². The van der Waals surface area contributed by atoms with E-state index in [9.17, 15) is 13.2 Å². The van der Waals surface area contributed by atoms with Crippen molar-refractivity contribution in [3.05, 3.63) is 42.0 Å². The average molecular weight is 309 g/mol. The van der Waals surface area contributed by atoms with Crippen LogP contribution >= 0.6 is 0 Å². The molecule has 114 valence electrons. The Morgan fingerprint density at radius 2 is 1.90 bits per heavy atom. The van der Waals surface area contributed by atoms with Crippen LogP contribution in [0.5, 0.6) is 0 Å². The Morgan fingerprint density at radius 3 is 2.38 bits per heavy atom. The van der Waals surface area contributed by atoms with Gasteiger partial charge in [-0.25, -0.2) is 13.6 Å². The minimum atomic E-state index is -3.70. The second kappa shape index (κ2) is 5.97. The van der Waals surface area contributed by atoms with Crippen LogP contribution in [-0.2, 0) is 14.8 Å². The van der Waals surface area contributed by atoms with Gasteiger partial charge in [0.05, 0.1) is 16.9 Å². The molecular formula is C14H19N3O3S. The average Bonchev–Trinajstić information content (AvgIpc) is 2.84. The molecule has 0 aromatic heterocycles. The molecule has 0 fully saturated rings. The van der Waals surface area contributed by atoms with E-state index in [1.807, 2.05) is 19.1 Å². The fourth-order valence-electron chi connectivity index (χ4n) is 2.27. The van der Waals surface area contributed by atoms with Crippen LogP contribution in [0.2, 0.25) is 0 Å².